The third-order valence-corrected chi connectivity index (χ3v) is 3.41. The number of carbonyl (C=O) groups is 2. The molecule has 25 heavy (non-hydrogen) atoms. The summed E-state index contributed by atoms with van der Waals surface area (Å²) < 4.78 is 10.5. The summed E-state index contributed by atoms with van der Waals surface area (Å²) in [5.41, 5.74) is 1.37. The highest BCUT2D eigenvalue weighted by molar-refractivity contribution is 6.06. The van der Waals surface area contributed by atoms with Gasteiger partial charge in [-0.2, -0.15) is 0 Å². The maximum absolute atomic E-state index is 12.4. The Morgan fingerprint density at radius 3 is 2.56 bits per heavy atom. The number of carbonyl (C=O) groups excluding carboxylic acids is 2. The molecule has 0 spiro atoms. The molecule has 0 saturated carbocycles. The van der Waals surface area contributed by atoms with Gasteiger partial charge in [0.15, 0.2) is 0 Å². The number of benzene rings is 1. The molecular formula is C19H22N2O4. The largest absolute Gasteiger partial charge is 0.477 e. The van der Waals surface area contributed by atoms with Crippen LogP contribution >= 0.6 is 0 Å². The zero-order valence-corrected chi connectivity index (χ0v) is 14.5. The Hall–Kier alpha value is -2.89. The average molecular weight is 342 g/mol. The van der Waals surface area contributed by atoms with Crippen molar-refractivity contribution < 1.29 is 19.1 Å². The lowest BCUT2D eigenvalue weighted by molar-refractivity contribution is 0.0499. The van der Waals surface area contributed by atoms with Crippen molar-refractivity contribution in [2.45, 2.75) is 26.7 Å². The van der Waals surface area contributed by atoms with Crippen LogP contribution < -0.4 is 10.1 Å². The summed E-state index contributed by atoms with van der Waals surface area (Å²) in [6, 6.07) is 9.88. The first-order valence-corrected chi connectivity index (χ1v) is 8.32. The maximum Gasteiger partial charge on any atom is 0.338 e. The Bertz CT molecular complexity index is 714. The van der Waals surface area contributed by atoms with Crippen molar-refractivity contribution in [3.63, 3.8) is 0 Å². The average Bonchev–Trinajstić information content (AvgIpc) is 2.63. The smallest absolute Gasteiger partial charge is 0.338 e. The van der Waals surface area contributed by atoms with Crippen molar-refractivity contribution >= 4 is 17.6 Å². The van der Waals surface area contributed by atoms with Crippen LogP contribution in [-0.4, -0.2) is 30.1 Å². The Morgan fingerprint density at radius 1 is 1.12 bits per heavy atom. The lowest BCUT2D eigenvalue weighted by Gasteiger charge is -2.10. The molecule has 1 N–H and O–H groups in total. The molecule has 0 radical (unpaired) electrons. The van der Waals surface area contributed by atoms with E-state index in [9.17, 15) is 9.59 Å². The van der Waals surface area contributed by atoms with E-state index >= 15 is 0 Å². The van der Waals surface area contributed by atoms with Crippen LogP contribution in [0.1, 0.15) is 47.4 Å². The lowest BCUT2D eigenvalue weighted by Crippen LogP contribution is -2.14. The van der Waals surface area contributed by atoms with Gasteiger partial charge in [0.25, 0.3) is 5.91 Å². The molecule has 0 aliphatic carbocycles. The highest BCUT2D eigenvalue weighted by atomic mass is 16.5. The van der Waals surface area contributed by atoms with Crippen LogP contribution in [0.15, 0.2) is 42.6 Å². The first-order chi connectivity index (χ1) is 12.2. The van der Waals surface area contributed by atoms with Crippen molar-refractivity contribution in [1.29, 1.82) is 0 Å². The van der Waals surface area contributed by atoms with E-state index in [0.717, 1.165) is 12.8 Å². The molecule has 2 rings (SSSR count). The Morgan fingerprint density at radius 2 is 1.88 bits per heavy atom. The maximum atomic E-state index is 12.4. The van der Waals surface area contributed by atoms with Crippen LogP contribution in [0.3, 0.4) is 0 Å². The van der Waals surface area contributed by atoms with E-state index in [1.807, 2.05) is 13.8 Å². The van der Waals surface area contributed by atoms with E-state index < -0.39 is 0 Å². The molecule has 1 aromatic heterocycles. The molecule has 0 atom stereocenters. The van der Waals surface area contributed by atoms with E-state index in [1.165, 1.54) is 0 Å². The van der Waals surface area contributed by atoms with Gasteiger partial charge in [0, 0.05) is 11.9 Å². The Labute approximate surface area is 147 Å². The highest BCUT2D eigenvalue weighted by Crippen LogP contribution is 2.17. The minimum Gasteiger partial charge on any atom is -0.477 e. The number of amides is 1. The second-order valence-corrected chi connectivity index (χ2v) is 5.31. The van der Waals surface area contributed by atoms with Crippen LogP contribution in [0, 0.1) is 0 Å². The summed E-state index contributed by atoms with van der Waals surface area (Å²) >= 11 is 0. The quantitative estimate of drug-likeness (QED) is 0.585. The Kier molecular flexibility index (Phi) is 6.95. The van der Waals surface area contributed by atoms with Gasteiger partial charge in [0.1, 0.15) is 5.56 Å². The van der Waals surface area contributed by atoms with Crippen molar-refractivity contribution in [2.75, 3.05) is 18.5 Å². The fourth-order valence-corrected chi connectivity index (χ4v) is 2.10. The third-order valence-electron chi connectivity index (χ3n) is 3.41. The number of hydrogen-bond acceptors (Lipinski definition) is 5. The molecule has 0 aliphatic heterocycles. The van der Waals surface area contributed by atoms with Crippen molar-refractivity contribution in [2.24, 2.45) is 0 Å². The minimum atomic E-state index is -0.364. The van der Waals surface area contributed by atoms with Crippen molar-refractivity contribution in [3.05, 3.63) is 53.7 Å². The predicted octanol–water partition coefficient (Wildman–Crippen LogP) is 3.69. The highest BCUT2D eigenvalue weighted by Gasteiger charge is 2.14. The van der Waals surface area contributed by atoms with Gasteiger partial charge in [0.05, 0.1) is 18.8 Å². The molecule has 6 heteroatoms. The number of anilines is 1. The molecular weight excluding hydrogens is 320 g/mol. The summed E-state index contributed by atoms with van der Waals surface area (Å²) in [5, 5.41) is 2.76. The lowest BCUT2D eigenvalue weighted by atomic mass is 10.2. The molecule has 0 aliphatic rings. The number of nitrogens with zero attached hydrogens (tertiary/aromatic N) is 1. The van der Waals surface area contributed by atoms with Crippen LogP contribution in [0.2, 0.25) is 0 Å². The number of rotatable bonds is 8. The molecule has 0 fully saturated rings. The molecule has 6 nitrogen and oxygen atoms in total. The Balaban J connectivity index is 2.01. The van der Waals surface area contributed by atoms with Crippen molar-refractivity contribution in [1.82, 2.24) is 4.98 Å². The molecule has 0 unspecified atom stereocenters. The van der Waals surface area contributed by atoms with Gasteiger partial charge < -0.3 is 14.8 Å². The number of aromatic nitrogens is 1. The summed E-state index contributed by atoms with van der Waals surface area (Å²) in [6.07, 6.45) is 3.38. The van der Waals surface area contributed by atoms with Gasteiger partial charge in [-0.3, -0.25) is 4.79 Å². The van der Waals surface area contributed by atoms with Crippen LogP contribution in [-0.2, 0) is 4.74 Å². The molecule has 2 aromatic rings. The molecule has 132 valence electrons. The van der Waals surface area contributed by atoms with Crippen LogP contribution in [0.25, 0.3) is 0 Å². The number of ether oxygens (including phenoxy) is 2. The molecule has 0 bridgehead atoms. The zero-order chi connectivity index (χ0) is 18.1. The third kappa shape index (κ3) is 5.31. The van der Waals surface area contributed by atoms with E-state index in [-0.39, 0.29) is 11.9 Å². The summed E-state index contributed by atoms with van der Waals surface area (Å²) in [5.74, 6) is -0.398. The first kappa shape index (κ1) is 18.4. The second-order valence-electron chi connectivity index (χ2n) is 5.31. The van der Waals surface area contributed by atoms with Gasteiger partial charge in [-0.25, -0.2) is 9.78 Å². The zero-order valence-electron chi connectivity index (χ0n) is 14.5. The summed E-state index contributed by atoms with van der Waals surface area (Å²) in [6.45, 7) is 4.69. The normalized spacial score (nSPS) is 10.2. The topological polar surface area (TPSA) is 77.5 Å². The number of hydrogen-bond donors (Lipinski definition) is 1. The SMILES string of the molecule is CCCCOC(=O)c1ccc(NC(=O)c2cccnc2OCC)cc1. The summed E-state index contributed by atoms with van der Waals surface area (Å²) in [4.78, 5) is 28.3. The van der Waals surface area contributed by atoms with E-state index in [4.69, 9.17) is 9.47 Å². The number of pyridine rings is 1. The molecule has 0 saturated heterocycles. The number of unbranched alkanes of at least 4 members (excludes halogenated alkanes) is 1. The van der Waals surface area contributed by atoms with Gasteiger partial charge in [-0.1, -0.05) is 13.3 Å². The number of nitrogens with one attached hydrogen (secondary N) is 1. The van der Waals surface area contributed by atoms with Gasteiger partial charge in [-0.05, 0) is 49.7 Å². The van der Waals surface area contributed by atoms with Crippen LogP contribution in [0.4, 0.5) is 5.69 Å². The fourth-order valence-electron chi connectivity index (χ4n) is 2.10. The van der Waals surface area contributed by atoms with E-state index in [0.29, 0.717) is 35.9 Å². The monoisotopic (exact) mass is 342 g/mol. The first-order valence-electron chi connectivity index (χ1n) is 8.32. The van der Waals surface area contributed by atoms with Gasteiger partial charge >= 0.3 is 5.97 Å². The van der Waals surface area contributed by atoms with Crippen molar-refractivity contribution in [3.8, 4) is 5.88 Å². The fraction of sp³-hybridized carbons (Fsp3) is 0.316. The van der Waals surface area contributed by atoms with Crippen LogP contribution in [0.5, 0.6) is 5.88 Å². The minimum absolute atomic E-state index is 0.290. The summed E-state index contributed by atoms with van der Waals surface area (Å²) in [7, 11) is 0. The molecule has 1 aromatic carbocycles. The molecule has 1 amide bonds. The second kappa shape index (κ2) is 9.42. The van der Waals surface area contributed by atoms with E-state index in [2.05, 4.69) is 10.3 Å². The van der Waals surface area contributed by atoms with E-state index in [1.54, 1.807) is 42.6 Å². The predicted molar refractivity (Wildman–Crippen MR) is 95.0 cm³/mol. The molecule has 1 heterocycles. The van der Waals surface area contributed by atoms with Gasteiger partial charge in [0.2, 0.25) is 5.88 Å². The number of esters is 1. The van der Waals surface area contributed by atoms with Gasteiger partial charge in [-0.15, -0.1) is 0 Å². The standard InChI is InChI=1S/C19H22N2O4/c1-3-5-13-25-19(23)14-8-10-15(11-9-14)21-17(22)16-7-6-12-20-18(16)24-4-2/h6-12H,3-5,13H2,1-2H3,(H,21,22).